The SMILES string of the molecule is CCCCOc1c2c(c(F)c(C)c1C(=O)Oc1ccccc1)CN([C@H](C)CC)C2. The summed E-state index contributed by atoms with van der Waals surface area (Å²) in [5.41, 5.74) is 1.92. The highest BCUT2D eigenvalue weighted by Gasteiger charge is 2.34. The molecule has 0 aliphatic carbocycles. The third kappa shape index (κ3) is 4.45. The lowest BCUT2D eigenvalue weighted by atomic mass is 9.98. The number of benzene rings is 2. The van der Waals surface area contributed by atoms with Crippen LogP contribution >= 0.6 is 0 Å². The zero-order chi connectivity index (χ0) is 21.0. The van der Waals surface area contributed by atoms with Gasteiger partial charge in [0.1, 0.15) is 22.9 Å². The molecule has 29 heavy (non-hydrogen) atoms. The molecule has 1 aliphatic heterocycles. The van der Waals surface area contributed by atoms with Gasteiger partial charge in [-0.25, -0.2) is 9.18 Å². The molecule has 156 valence electrons. The molecule has 1 heterocycles. The summed E-state index contributed by atoms with van der Waals surface area (Å²) in [4.78, 5) is 15.3. The Kier molecular flexibility index (Phi) is 6.91. The lowest BCUT2D eigenvalue weighted by molar-refractivity contribution is 0.0728. The van der Waals surface area contributed by atoms with Crippen LogP contribution in [0, 0.1) is 12.7 Å². The van der Waals surface area contributed by atoms with Gasteiger partial charge in [-0.3, -0.25) is 4.90 Å². The van der Waals surface area contributed by atoms with Crippen LogP contribution in [0.25, 0.3) is 0 Å². The fourth-order valence-electron chi connectivity index (χ4n) is 3.66. The van der Waals surface area contributed by atoms with Gasteiger partial charge in [0.2, 0.25) is 0 Å². The molecule has 0 saturated carbocycles. The van der Waals surface area contributed by atoms with Gasteiger partial charge >= 0.3 is 5.97 Å². The van der Waals surface area contributed by atoms with Crippen molar-refractivity contribution in [3.05, 3.63) is 58.4 Å². The molecule has 0 N–H and O–H groups in total. The number of esters is 1. The maximum atomic E-state index is 15.3. The van der Waals surface area contributed by atoms with Gasteiger partial charge < -0.3 is 9.47 Å². The number of unbranched alkanes of at least 4 members (excludes halogenated alkanes) is 1. The first-order valence-corrected chi connectivity index (χ1v) is 10.5. The first-order valence-electron chi connectivity index (χ1n) is 10.5. The summed E-state index contributed by atoms with van der Waals surface area (Å²) in [6.07, 6.45) is 2.82. The van der Waals surface area contributed by atoms with Crippen molar-refractivity contribution in [3.63, 3.8) is 0 Å². The van der Waals surface area contributed by atoms with Crippen molar-refractivity contribution in [2.75, 3.05) is 6.61 Å². The van der Waals surface area contributed by atoms with E-state index in [-0.39, 0.29) is 11.4 Å². The summed E-state index contributed by atoms with van der Waals surface area (Å²) < 4.78 is 26.9. The van der Waals surface area contributed by atoms with E-state index >= 15 is 4.39 Å². The van der Waals surface area contributed by atoms with Gasteiger partial charge in [-0.15, -0.1) is 0 Å². The average molecular weight is 400 g/mol. The molecule has 0 bridgehead atoms. The van der Waals surface area contributed by atoms with Crippen molar-refractivity contribution in [1.29, 1.82) is 0 Å². The van der Waals surface area contributed by atoms with E-state index in [0.29, 0.717) is 48.4 Å². The molecule has 2 aromatic rings. The third-order valence-electron chi connectivity index (χ3n) is 5.67. The molecule has 3 rings (SSSR count). The van der Waals surface area contributed by atoms with E-state index in [1.165, 1.54) is 0 Å². The third-order valence-corrected chi connectivity index (χ3v) is 5.67. The number of nitrogens with zero attached hydrogens (tertiary/aromatic N) is 1. The van der Waals surface area contributed by atoms with Gasteiger partial charge in [0.25, 0.3) is 0 Å². The molecule has 1 atom stereocenters. The van der Waals surface area contributed by atoms with Crippen molar-refractivity contribution >= 4 is 5.97 Å². The van der Waals surface area contributed by atoms with E-state index < -0.39 is 5.97 Å². The van der Waals surface area contributed by atoms with Crippen LogP contribution in [-0.4, -0.2) is 23.5 Å². The van der Waals surface area contributed by atoms with E-state index in [4.69, 9.17) is 9.47 Å². The predicted octanol–water partition coefficient (Wildman–Crippen LogP) is 5.65. The average Bonchev–Trinajstić information content (AvgIpc) is 3.17. The second-order valence-electron chi connectivity index (χ2n) is 7.67. The van der Waals surface area contributed by atoms with Crippen LogP contribution in [0.15, 0.2) is 30.3 Å². The van der Waals surface area contributed by atoms with Gasteiger partial charge in [-0.1, -0.05) is 38.5 Å². The zero-order valence-electron chi connectivity index (χ0n) is 17.8. The van der Waals surface area contributed by atoms with E-state index in [1.54, 1.807) is 31.2 Å². The van der Waals surface area contributed by atoms with Gasteiger partial charge in [-0.05, 0) is 38.8 Å². The molecule has 0 unspecified atom stereocenters. The predicted molar refractivity (Wildman–Crippen MR) is 112 cm³/mol. The topological polar surface area (TPSA) is 38.8 Å². The van der Waals surface area contributed by atoms with Crippen LogP contribution in [0.5, 0.6) is 11.5 Å². The summed E-state index contributed by atoms with van der Waals surface area (Å²) in [5.74, 6) is 0.00942. The second-order valence-corrected chi connectivity index (χ2v) is 7.67. The number of para-hydroxylation sites is 1. The van der Waals surface area contributed by atoms with Crippen molar-refractivity contribution in [2.45, 2.75) is 66.1 Å². The van der Waals surface area contributed by atoms with Crippen molar-refractivity contribution in [3.8, 4) is 11.5 Å². The maximum absolute atomic E-state index is 15.3. The number of carbonyl (C=O) groups is 1. The van der Waals surface area contributed by atoms with Gasteiger partial charge in [-0.2, -0.15) is 0 Å². The number of rotatable bonds is 8. The van der Waals surface area contributed by atoms with Crippen LogP contribution in [0.2, 0.25) is 0 Å². The second kappa shape index (κ2) is 9.40. The van der Waals surface area contributed by atoms with Crippen LogP contribution in [0.3, 0.4) is 0 Å². The maximum Gasteiger partial charge on any atom is 0.347 e. The summed E-state index contributed by atoms with van der Waals surface area (Å²) in [7, 11) is 0. The van der Waals surface area contributed by atoms with E-state index in [0.717, 1.165) is 24.8 Å². The number of halogens is 1. The minimum atomic E-state index is -0.580. The largest absolute Gasteiger partial charge is 0.492 e. The molecule has 0 fully saturated rings. The van der Waals surface area contributed by atoms with Crippen molar-refractivity contribution < 1.29 is 18.7 Å². The number of ether oxygens (including phenoxy) is 2. The van der Waals surface area contributed by atoms with Crippen LogP contribution in [0.1, 0.15) is 67.1 Å². The minimum absolute atomic E-state index is 0.201. The van der Waals surface area contributed by atoms with Crippen molar-refractivity contribution in [1.82, 2.24) is 4.90 Å². The lowest BCUT2D eigenvalue weighted by Gasteiger charge is -2.22. The highest BCUT2D eigenvalue weighted by atomic mass is 19.1. The number of carbonyl (C=O) groups excluding carboxylic acids is 1. The number of hydrogen-bond acceptors (Lipinski definition) is 4. The monoisotopic (exact) mass is 399 g/mol. The van der Waals surface area contributed by atoms with E-state index in [9.17, 15) is 4.79 Å². The van der Waals surface area contributed by atoms with Crippen molar-refractivity contribution in [2.24, 2.45) is 0 Å². The first-order chi connectivity index (χ1) is 14.0. The highest BCUT2D eigenvalue weighted by molar-refractivity contribution is 5.96. The fourth-order valence-corrected chi connectivity index (χ4v) is 3.66. The summed E-state index contributed by atoms with van der Waals surface area (Å²) in [5, 5.41) is 0. The molecular formula is C24H30FNO3. The number of fused-ring (bicyclic) bond motifs is 1. The Labute approximate surface area is 172 Å². The summed E-state index contributed by atoms with van der Waals surface area (Å²) >= 11 is 0. The zero-order valence-corrected chi connectivity index (χ0v) is 17.8. The van der Waals surface area contributed by atoms with Gasteiger partial charge in [0.15, 0.2) is 0 Å². The fraction of sp³-hybridized carbons (Fsp3) is 0.458. The molecule has 4 nitrogen and oxygen atoms in total. The summed E-state index contributed by atoms with van der Waals surface area (Å²) in [6, 6.07) is 9.17. The Hall–Kier alpha value is -2.40. The first kappa shape index (κ1) is 21.3. The smallest absolute Gasteiger partial charge is 0.347 e. The summed E-state index contributed by atoms with van der Waals surface area (Å²) in [6.45, 7) is 9.58. The molecule has 0 amide bonds. The van der Waals surface area contributed by atoms with Crippen LogP contribution < -0.4 is 9.47 Å². The molecule has 5 heteroatoms. The van der Waals surface area contributed by atoms with Gasteiger partial charge in [0.05, 0.1) is 6.61 Å². The lowest BCUT2D eigenvalue weighted by Crippen LogP contribution is -2.27. The van der Waals surface area contributed by atoms with Gasteiger partial charge in [0, 0.05) is 35.8 Å². The minimum Gasteiger partial charge on any atom is -0.492 e. The molecule has 0 saturated heterocycles. The Morgan fingerprint density at radius 2 is 1.86 bits per heavy atom. The molecule has 0 spiro atoms. The Bertz CT molecular complexity index is 866. The highest BCUT2D eigenvalue weighted by Crippen LogP contribution is 2.40. The molecule has 0 aromatic heterocycles. The van der Waals surface area contributed by atoms with Crippen LogP contribution in [0.4, 0.5) is 4.39 Å². The van der Waals surface area contributed by atoms with Crippen LogP contribution in [-0.2, 0) is 13.1 Å². The quantitative estimate of drug-likeness (QED) is 0.327. The normalized spacial score (nSPS) is 14.5. The Morgan fingerprint density at radius 3 is 2.52 bits per heavy atom. The Morgan fingerprint density at radius 1 is 1.17 bits per heavy atom. The molecule has 1 aliphatic rings. The standard InChI is InChI=1S/C24H30FNO3/c1-5-7-13-28-23-20-15-26(16(3)6-2)14-19(20)22(25)17(4)21(23)24(27)29-18-11-9-8-10-12-18/h8-12,16H,5-7,13-15H2,1-4H3/t16-/m1/s1. The molecular weight excluding hydrogens is 369 g/mol. The Balaban J connectivity index is 2.03. The molecule has 0 radical (unpaired) electrons. The molecule has 2 aromatic carbocycles. The number of hydrogen-bond donors (Lipinski definition) is 0. The van der Waals surface area contributed by atoms with E-state index in [1.807, 2.05) is 6.07 Å². The van der Waals surface area contributed by atoms with E-state index in [2.05, 4.69) is 25.7 Å².